The fourth-order valence-corrected chi connectivity index (χ4v) is 2.90. The average Bonchev–Trinajstić information content (AvgIpc) is 2.50. The van der Waals surface area contributed by atoms with Crippen LogP contribution < -0.4 is 10.1 Å². The topological polar surface area (TPSA) is 47.6 Å². The Hall–Kier alpha value is -1.26. The summed E-state index contributed by atoms with van der Waals surface area (Å²) in [6.45, 7) is 7.57. The quantitative estimate of drug-likeness (QED) is 0.843. The van der Waals surface area contributed by atoms with Gasteiger partial charge in [-0.2, -0.15) is 0 Å². The normalized spacial score (nSPS) is 17.8. The van der Waals surface area contributed by atoms with Gasteiger partial charge in [0.05, 0.1) is 5.02 Å². The molecule has 1 aliphatic rings. The third kappa shape index (κ3) is 4.37. The van der Waals surface area contributed by atoms with Crippen LogP contribution in [0, 0.1) is 5.92 Å². The molecule has 1 saturated heterocycles. The van der Waals surface area contributed by atoms with Gasteiger partial charge in [0.1, 0.15) is 11.4 Å². The average molecular weight is 326 g/mol. The Morgan fingerprint density at radius 3 is 2.59 bits per heavy atom. The number of para-hydroxylation sites is 1. The largest absolute Gasteiger partial charge is 0.477 e. The number of rotatable bonds is 5. The molecule has 1 N–H and O–H groups in total. The van der Waals surface area contributed by atoms with Crippen molar-refractivity contribution in [1.82, 2.24) is 5.32 Å². The maximum atomic E-state index is 12.3. The monoisotopic (exact) mass is 325 g/mol. The van der Waals surface area contributed by atoms with Crippen molar-refractivity contribution in [3.63, 3.8) is 0 Å². The van der Waals surface area contributed by atoms with Gasteiger partial charge in [-0.05, 0) is 58.8 Å². The smallest absolute Gasteiger partial charge is 0.347 e. The van der Waals surface area contributed by atoms with Gasteiger partial charge >= 0.3 is 5.97 Å². The molecule has 1 aliphatic heterocycles. The Bertz CT molecular complexity index is 512. The molecule has 0 aromatic heterocycles. The molecule has 22 heavy (non-hydrogen) atoms. The standard InChI is InChI=1S/C17H24ClNO3/c1-12(21-15-7-5-4-6-14(15)18)16(20)22-17(2,3)13-8-10-19-11-9-13/h4-7,12-13,19H,8-11H2,1-3H3. The number of carbonyl (C=O) groups excluding carboxylic acids is 1. The number of carbonyl (C=O) groups is 1. The van der Waals surface area contributed by atoms with Gasteiger partial charge in [0.25, 0.3) is 0 Å². The Labute approximate surface area is 137 Å². The second-order valence-electron chi connectivity index (χ2n) is 6.24. The molecule has 0 amide bonds. The minimum absolute atomic E-state index is 0.358. The van der Waals surface area contributed by atoms with Gasteiger partial charge < -0.3 is 14.8 Å². The summed E-state index contributed by atoms with van der Waals surface area (Å²) in [4.78, 5) is 12.3. The third-order valence-corrected chi connectivity index (χ3v) is 4.47. The summed E-state index contributed by atoms with van der Waals surface area (Å²) in [5, 5.41) is 3.81. The zero-order valence-corrected chi connectivity index (χ0v) is 14.2. The lowest BCUT2D eigenvalue weighted by molar-refractivity contribution is -0.170. The molecule has 1 aromatic carbocycles. The van der Waals surface area contributed by atoms with Gasteiger partial charge in [-0.3, -0.25) is 0 Å². The lowest BCUT2D eigenvalue weighted by Gasteiger charge is -2.37. The Balaban J connectivity index is 1.94. The number of halogens is 1. The number of esters is 1. The summed E-state index contributed by atoms with van der Waals surface area (Å²) in [6.07, 6.45) is 1.33. The van der Waals surface area contributed by atoms with E-state index in [2.05, 4.69) is 5.32 Å². The molecular weight excluding hydrogens is 302 g/mol. The molecule has 5 heteroatoms. The molecule has 0 spiro atoms. The lowest BCUT2D eigenvalue weighted by atomic mass is 9.83. The van der Waals surface area contributed by atoms with Crippen LogP contribution in [-0.4, -0.2) is 30.8 Å². The van der Waals surface area contributed by atoms with Gasteiger partial charge in [-0.1, -0.05) is 23.7 Å². The number of hydrogen-bond acceptors (Lipinski definition) is 4. The molecule has 0 saturated carbocycles. The van der Waals surface area contributed by atoms with Crippen LogP contribution in [0.5, 0.6) is 5.75 Å². The highest BCUT2D eigenvalue weighted by molar-refractivity contribution is 6.32. The minimum atomic E-state index is -0.694. The van der Waals surface area contributed by atoms with Crippen LogP contribution in [0.1, 0.15) is 33.6 Å². The zero-order chi connectivity index (χ0) is 16.2. The molecule has 1 fully saturated rings. The molecule has 4 nitrogen and oxygen atoms in total. The molecule has 1 atom stereocenters. The Morgan fingerprint density at radius 2 is 1.95 bits per heavy atom. The second-order valence-corrected chi connectivity index (χ2v) is 6.65. The first-order chi connectivity index (χ1) is 10.4. The molecule has 1 unspecified atom stereocenters. The number of piperidine rings is 1. The van der Waals surface area contributed by atoms with Crippen molar-refractivity contribution in [3.8, 4) is 5.75 Å². The number of benzene rings is 1. The van der Waals surface area contributed by atoms with Crippen LogP contribution in [0.4, 0.5) is 0 Å². The van der Waals surface area contributed by atoms with E-state index in [9.17, 15) is 4.79 Å². The molecule has 1 heterocycles. The third-order valence-electron chi connectivity index (χ3n) is 4.16. The highest BCUT2D eigenvalue weighted by atomic mass is 35.5. The van der Waals surface area contributed by atoms with Gasteiger partial charge in [0.15, 0.2) is 6.10 Å². The van der Waals surface area contributed by atoms with Crippen molar-refractivity contribution < 1.29 is 14.3 Å². The molecule has 0 bridgehead atoms. The van der Waals surface area contributed by atoms with Gasteiger partial charge in [0, 0.05) is 5.92 Å². The highest BCUT2D eigenvalue weighted by Crippen LogP contribution is 2.30. The maximum Gasteiger partial charge on any atom is 0.347 e. The number of nitrogens with one attached hydrogen (secondary N) is 1. The van der Waals surface area contributed by atoms with Crippen molar-refractivity contribution in [1.29, 1.82) is 0 Å². The summed E-state index contributed by atoms with van der Waals surface area (Å²) < 4.78 is 11.3. The first-order valence-corrected chi connectivity index (χ1v) is 8.12. The Morgan fingerprint density at radius 1 is 1.32 bits per heavy atom. The van der Waals surface area contributed by atoms with Crippen LogP contribution in [-0.2, 0) is 9.53 Å². The molecular formula is C17H24ClNO3. The summed E-state index contributed by atoms with van der Waals surface area (Å²) in [5.74, 6) is 0.502. The van der Waals surface area contributed by atoms with E-state index >= 15 is 0 Å². The van der Waals surface area contributed by atoms with Crippen LogP contribution in [0.25, 0.3) is 0 Å². The molecule has 2 rings (SSSR count). The predicted molar refractivity (Wildman–Crippen MR) is 87.3 cm³/mol. The van der Waals surface area contributed by atoms with E-state index in [0.717, 1.165) is 25.9 Å². The molecule has 1 aromatic rings. The van der Waals surface area contributed by atoms with Crippen LogP contribution in [0.2, 0.25) is 5.02 Å². The summed E-state index contributed by atoms with van der Waals surface area (Å²) in [5.41, 5.74) is -0.489. The van der Waals surface area contributed by atoms with E-state index in [0.29, 0.717) is 16.7 Å². The molecule has 122 valence electrons. The summed E-state index contributed by atoms with van der Waals surface area (Å²) >= 11 is 6.04. The van der Waals surface area contributed by atoms with Crippen molar-refractivity contribution >= 4 is 17.6 Å². The SMILES string of the molecule is CC(Oc1ccccc1Cl)C(=O)OC(C)(C)C1CCNCC1. The lowest BCUT2D eigenvalue weighted by Crippen LogP contribution is -2.44. The maximum absolute atomic E-state index is 12.3. The van der Waals surface area contributed by atoms with Crippen LogP contribution >= 0.6 is 11.6 Å². The zero-order valence-electron chi connectivity index (χ0n) is 13.4. The van der Waals surface area contributed by atoms with Crippen LogP contribution in [0.15, 0.2) is 24.3 Å². The van der Waals surface area contributed by atoms with Crippen molar-refractivity contribution in [2.75, 3.05) is 13.1 Å². The van der Waals surface area contributed by atoms with Crippen LogP contribution in [0.3, 0.4) is 0 Å². The predicted octanol–water partition coefficient (Wildman–Crippen LogP) is 3.43. The van der Waals surface area contributed by atoms with Crippen molar-refractivity contribution in [2.45, 2.75) is 45.3 Å². The number of hydrogen-bond donors (Lipinski definition) is 1. The Kier molecular flexibility index (Phi) is 5.70. The fraction of sp³-hybridized carbons (Fsp3) is 0.588. The molecule has 0 aliphatic carbocycles. The van der Waals surface area contributed by atoms with E-state index < -0.39 is 11.7 Å². The van der Waals surface area contributed by atoms with Crippen molar-refractivity contribution in [3.05, 3.63) is 29.3 Å². The fourth-order valence-electron chi connectivity index (χ4n) is 2.72. The van der Waals surface area contributed by atoms with Gasteiger partial charge in [0.2, 0.25) is 0 Å². The first-order valence-electron chi connectivity index (χ1n) is 7.75. The minimum Gasteiger partial charge on any atom is -0.477 e. The van der Waals surface area contributed by atoms with E-state index in [1.54, 1.807) is 19.1 Å². The summed E-state index contributed by atoms with van der Waals surface area (Å²) in [7, 11) is 0. The molecule has 0 radical (unpaired) electrons. The van der Waals surface area contributed by atoms with E-state index in [1.807, 2.05) is 26.0 Å². The number of ether oxygens (including phenoxy) is 2. The van der Waals surface area contributed by atoms with Gasteiger partial charge in [-0.15, -0.1) is 0 Å². The van der Waals surface area contributed by atoms with E-state index in [-0.39, 0.29) is 5.97 Å². The van der Waals surface area contributed by atoms with E-state index in [1.165, 1.54) is 0 Å². The first kappa shape index (κ1) is 17.1. The van der Waals surface area contributed by atoms with E-state index in [4.69, 9.17) is 21.1 Å². The highest BCUT2D eigenvalue weighted by Gasteiger charge is 2.35. The van der Waals surface area contributed by atoms with Gasteiger partial charge in [-0.25, -0.2) is 4.79 Å². The summed E-state index contributed by atoms with van der Waals surface area (Å²) in [6, 6.07) is 7.11. The van der Waals surface area contributed by atoms with Crippen molar-refractivity contribution in [2.24, 2.45) is 5.92 Å². The second kappa shape index (κ2) is 7.34.